The minimum Gasteiger partial charge on any atom is -0.487 e. The molecule has 9 nitrogen and oxygen atoms in total. The fourth-order valence-electron chi connectivity index (χ4n) is 4.40. The second-order valence-corrected chi connectivity index (χ2v) is 9.17. The molecule has 0 aliphatic carbocycles. The predicted octanol–water partition coefficient (Wildman–Crippen LogP) is 4.70. The number of pyridine rings is 2. The summed E-state index contributed by atoms with van der Waals surface area (Å²) >= 11 is 0. The molecule has 0 radical (unpaired) electrons. The Labute approximate surface area is 228 Å². The molecule has 3 aromatic heterocycles. The van der Waals surface area contributed by atoms with Crippen LogP contribution in [0.15, 0.2) is 78.0 Å². The van der Waals surface area contributed by atoms with Crippen LogP contribution in [-0.4, -0.2) is 45.9 Å². The van der Waals surface area contributed by atoms with E-state index in [2.05, 4.69) is 15.0 Å². The highest BCUT2D eigenvalue weighted by Gasteiger charge is 2.15. The number of rotatable bonds is 5. The maximum Gasteiger partial charge on any atom is 0.262 e. The largest absolute Gasteiger partial charge is 0.487 e. The molecule has 0 atom stereocenters. The van der Waals surface area contributed by atoms with Gasteiger partial charge in [-0.3, -0.25) is 19.3 Å². The first-order valence-electron chi connectivity index (χ1n) is 12.7. The van der Waals surface area contributed by atoms with E-state index >= 15 is 0 Å². The third-order valence-corrected chi connectivity index (χ3v) is 6.52. The van der Waals surface area contributed by atoms with Crippen LogP contribution in [0.5, 0.6) is 23.0 Å². The molecule has 0 bridgehead atoms. The topological polar surface area (TPSA) is 97.6 Å². The normalized spacial score (nSPS) is 13.3. The first kappa shape index (κ1) is 25.4. The number of hydrogen-bond donors (Lipinski definition) is 0. The van der Waals surface area contributed by atoms with Crippen molar-refractivity contribution in [3.05, 3.63) is 101 Å². The molecular weight excluding hydrogens is 515 g/mol. The lowest BCUT2D eigenvalue weighted by molar-refractivity contribution is 0.0877. The summed E-state index contributed by atoms with van der Waals surface area (Å²) in [6.07, 6.45) is 5.14. The van der Waals surface area contributed by atoms with Gasteiger partial charge in [0.2, 0.25) is 0 Å². The lowest BCUT2D eigenvalue weighted by atomic mass is 10.1. The van der Waals surface area contributed by atoms with E-state index in [9.17, 15) is 9.18 Å². The monoisotopic (exact) mass is 540 g/mol. The van der Waals surface area contributed by atoms with Crippen molar-refractivity contribution in [1.29, 1.82) is 0 Å². The average molecular weight is 541 g/mol. The van der Waals surface area contributed by atoms with Crippen molar-refractivity contribution < 1.29 is 23.3 Å². The van der Waals surface area contributed by atoms with Crippen LogP contribution in [0.4, 0.5) is 4.39 Å². The highest BCUT2D eigenvalue weighted by atomic mass is 19.1. The van der Waals surface area contributed by atoms with Gasteiger partial charge in [0.05, 0.1) is 36.2 Å². The number of hydrogen-bond acceptors (Lipinski definition) is 8. The summed E-state index contributed by atoms with van der Waals surface area (Å²) in [5.41, 5.74) is 2.16. The van der Waals surface area contributed by atoms with Gasteiger partial charge in [-0.1, -0.05) is 12.1 Å². The van der Waals surface area contributed by atoms with Crippen LogP contribution in [0, 0.1) is 5.82 Å². The molecule has 10 heteroatoms. The quantitative estimate of drug-likeness (QED) is 0.317. The van der Waals surface area contributed by atoms with Crippen molar-refractivity contribution in [3.8, 4) is 34.3 Å². The Kier molecular flexibility index (Phi) is 7.07. The SMILES string of the molecule is Cn1c(Cc2ccc(F)cc2)ncc(-c2ccc(Oc3ccnc4cc5c(cc34)OCCOCCO5)cn2)c1=O. The molecule has 0 saturated heterocycles. The standard InChI is InChI=1S/C30H25FN4O5/c1-35-29(14-19-2-4-20(31)5-3-19)34-18-23(30(35)36)24-7-6-21(17-33-24)40-26-8-9-32-25-16-28-27(15-22(25)26)38-12-10-37-11-13-39-28/h2-9,15-18H,10-14H2,1H3. The van der Waals surface area contributed by atoms with E-state index in [1.165, 1.54) is 22.9 Å². The molecule has 0 fully saturated rings. The number of benzene rings is 2. The van der Waals surface area contributed by atoms with Crippen molar-refractivity contribution in [2.75, 3.05) is 26.4 Å². The Morgan fingerprint density at radius 2 is 1.68 bits per heavy atom. The third kappa shape index (κ3) is 5.34. The minimum absolute atomic E-state index is 0.228. The zero-order valence-corrected chi connectivity index (χ0v) is 21.7. The Morgan fingerprint density at radius 3 is 2.42 bits per heavy atom. The van der Waals surface area contributed by atoms with Gasteiger partial charge < -0.3 is 18.9 Å². The Morgan fingerprint density at radius 1 is 0.900 bits per heavy atom. The lowest BCUT2D eigenvalue weighted by Crippen LogP contribution is -2.24. The van der Waals surface area contributed by atoms with E-state index in [-0.39, 0.29) is 11.4 Å². The van der Waals surface area contributed by atoms with Gasteiger partial charge in [-0.05, 0) is 42.0 Å². The van der Waals surface area contributed by atoms with Gasteiger partial charge in [-0.15, -0.1) is 0 Å². The van der Waals surface area contributed by atoms with E-state index in [0.29, 0.717) is 78.4 Å². The van der Waals surface area contributed by atoms with Crippen LogP contribution in [-0.2, 0) is 18.2 Å². The number of halogens is 1. The summed E-state index contributed by atoms with van der Waals surface area (Å²) in [7, 11) is 1.66. The van der Waals surface area contributed by atoms with Gasteiger partial charge in [0.15, 0.2) is 11.5 Å². The zero-order chi connectivity index (χ0) is 27.5. The zero-order valence-electron chi connectivity index (χ0n) is 21.7. The minimum atomic E-state index is -0.309. The molecule has 5 aromatic rings. The van der Waals surface area contributed by atoms with E-state index < -0.39 is 0 Å². The van der Waals surface area contributed by atoms with Crippen molar-refractivity contribution in [3.63, 3.8) is 0 Å². The summed E-state index contributed by atoms with van der Waals surface area (Å²) in [5, 5.41) is 0.754. The average Bonchev–Trinajstić information content (AvgIpc) is 3.08. The highest BCUT2D eigenvalue weighted by molar-refractivity contribution is 5.88. The van der Waals surface area contributed by atoms with Crippen molar-refractivity contribution in [1.82, 2.24) is 19.5 Å². The Hall–Kier alpha value is -4.83. The number of nitrogens with zero attached hydrogens (tertiary/aromatic N) is 4. The summed E-state index contributed by atoms with van der Waals surface area (Å²) in [5.74, 6) is 2.52. The first-order chi connectivity index (χ1) is 19.5. The molecule has 0 N–H and O–H groups in total. The van der Waals surface area contributed by atoms with Crippen molar-refractivity contribution in [2.45, 2.75) is 6.42 Å². The molecule has 4 heterocycles. The van der Waals surface area contributed by atoms with Crippen LogP contribution in [0.1, 0.15) is 11.4 Å². The van der Waals surface area contributed by atoms with Crippen LogP contribution in [0.2, 0.25) is 0 Å². The Bertz CT molecular complexity index is 1720. The molecule has 0 amide bonds. The Balaban J connectivity index is 1.24. The third-order valence-electron chi connectivity index (χ3n) is 6.52. The molecule has 2 aromatic carbocycles. The number of ether oxygens (including phenoxy) is 4. The number of fused-ring (bicyclic) bond motifs is 2. The number of aromatic nitrogens is 4. The molecule has 1 aliphatic heterocycles. The lowest BCUT2D eigenvalue weighted by Gasteiger charge is -2.14. The molecule has 1 aliphatic rings. The summed E-state index contributed by atoms with van der Waals surface area (Å²) < 4.78 is 38.0. The maximum atomic E-state index is 13.2. The van der Waals surface area contributed by atoms with Gasteiger partial charge in [0.25, 0.3) is 5.56 Å². The predicted molar refractivity (Wildman–Crippen MR) is 146 cm³/mol. The van der Waals surface area contributed by atoms with Gasteiger partial charge in [-0.2, -0.15) is 0 Å². The van der Waals surface area contributed by atoms with Gasteiger partial charge in [0.1, 0.15) is 36.4 Å². The summed E-state index contributed by atoms with van der Waals surface area (Å²) in [6, 6.07) is 15.0. The second-order valence-electron chi connectivity index (χ2n) is 9.17. The fourth-order valence-corrected chi connectivity index (χ4v) is 4.40. The molecule has 6 rings (SSSR count). The summed E-state index contributed by atoms with van der Waals surface area (Å²) in [6.45, 7) is 1.80. The van der Waals surface area contributed by atoms with E-state index in [1.54, 1.807) is 49.8 Å². The van der Waals surface area contributed by atoms with Crippen LogP contribution < -0.4 is 19.8 Å². The molecule has 0 spiro atoms. The first-order valence-corrected chi connectivity index (χ1v) is 12.7. The molecule has 0 saturated carbocycles. The fraction of sp³-hybridized carbons (Fsp3) is 0.200. The molecular formula is C30H25FN4O5. The van der Waals surface area contributed by atoms with Gasteiger partial charge in [0, 0.05) is 37.3 Å². The molecule has 40 heavy (non-hydrogen) atoms. The molecule has 202 valence electrons. The van der Waals surface area contributed by atoms with E-state index in [1.807, 2.05) is 12.1 Å². The smallest absolute Gasteiger partial charge is 0.262 e. The van der Waals surface area contributed by atoms with Gasteiger partial charge in [-0.25, -0.2) is 9.37 Å². The van der Waals surface area contributed by atoms with E-state index in [4.69, 9.17) is 18.9 Å². The maximum absolute atomic E-state index is 13.2. The van der Waals surface area contributed by atoms with Crippen LogP contribution in [0.3, 0.4) is 0 Å². The molecule has 0 unspecified atom stereocenters. The second kappa shape index (κ2) is 11.1. The summed E-state index contributed by atoms with van der Waals surface area (Å²) in [4.78, 5) is 26.5. The van der Waals surface area contributed by atoms with Crippen LogP contribution >= 0.6 is 0 Å². The van der Waals surface area contributed by atoms with Gasteiger partial charge >= 0.3 is 0 Å². The van der Waals surface area contributed by atoms with Crippen molar-refractivity contribution >= 4 is 10.9 Å². The van der Waals surface area contributed by atoms with Crippen molar-refractivity contribution in [2.24, 2.45) is 7.05 Å². The highest BCUT2D eigenvalue weighted by Crippen LogP contribution is 2.37. The van der Waals surface area contributed by atoms with Crippen LogP contribution in [0.25, 0.3) is 22.2 Å². The van der Waals surface area contributed by atoms with E-state index in [0.717, 1.165) is 10.9 Å².